The van der Waals surface area contributed by atoms with Gasteiger partial charge < -0.3 is 9.64 Å². The maximum absolute atomic E-state index is 13.7. The summed E-state index contributed by atoms with van der Waals surface area (Å²) in [6.07, 6.45) is 0. The number of methoxy groups -OCH3 is 1. The molecule has 0 radical (unpaired) electrons. The Morgan fingerprint density at radius 2 is 1.38 bits per heavy atom. The second-order valence-corrected chi connectivity index (χ2v) is 11.2. The summed E-state index contributed by atoms with van der Waals surface area (Å²) >= 11 is 34.7. The van der Waals surface area contributed by atoms with Gasteiger partial charge in [0.2, 0.25) is 0 Å². The lowest BCUT2D eigenvalue weighted by Crippen LogP contribution is -2.67. The minimum absolute atomic E-state index is 0.156. The van der Waals surface area contributed by atoms with E-state index in [9.17, 15) is 14.4 Å². The van der Waals surface area contributed by atoms with E-state index >= 15 is 0 Å². The van der Waals surface area contributed by atoms with Crippen molar-refractivity contribution >= 4 is 97.3 Å². The van der Waals surface area contributed by atoms with Crippen LogP contribution in [0.2, 0.25) is 25.1 Å². The van der Waals surface area contributed by atoms with Crippen LogP contribution in [0, 0.1) is 6.92 Å². The highest BCUT2D eigenvalue weighted by molar-refractivity contribution is 9.10. The molecule has 3 amide bonds. The predicted octanol–water partition coefficient (Wildman–Crippen LogP) is 7.79. The number of imide groups is 1. The molecule has 1 fully saturated rings. The lowest BCUT2D eigenvalue weighted by molar-refractivity contribution is -0.130. The number of hydrogen-bond donors (Lipinski definition) is 0. The number of rotatable bonds is 4. The van der Waals surface area contributed by atoms with Gasteiger partial charge in [-0.05, 0) is 42.8 Å². The van der Waals surface area contributed by atoms with Gasteiger partial charge in [0.15, 0.2) is 0 Å². The summed E-state index contributed by atoms with van der Waals surface area (Å²) in [5, 5.41) is -0.278. The Kier molecular flexibility index (Phi) is 6.92. The molecule has 0 unspecified atom stereocenters. The third kappa shape index (κ3) is 3.94. The van der Waals surface area contributed by atoms with Crippen LogP contribution in [0.3, 0.4) is 0 Å². The number of ether oxygens (including phenoxy) is 1. The topological polar surface area (TPSA) is 66.9 Å². The van der Waals surface area contributed by atoms with Crippen LogP contribution in [0.4, 0.5) is 5.69 Å². The third-order valence-electron chi connectivity index (χ3n) is 6.42. The van der Waals surface area contributed by atoms with E-state index in [1.54, 1.807) is 36.4 Å². The van der Waals surface area contributed by atoms with Crippen LogP contribution in [0.15, 0.2) is 40.9 Å². The predicted molar refractivity (Wildman–Crippen MR) is 148 cm³/mol. The maximum Gasteiger partial charge on any atom is 0.264 e. The number of amides is 3. The number of benzene rings is 3. The fraction of sp³-hybridized carbons (Fsp3) is 0.160. The molecule has 1 saturated heterocycles. The highest BCUT2D eigenvalue weighted by Crippen LogP contribution is 2.50. The molecule has 12 heteroatoms. The SMILES string of the molecule is COc1ccc(Br)cc1[C@H]1[C@@H](N2C(=O)c3c(Cl)c(Cl)c(Cl)c(Cl)c3C2=O)C(=O)N1c1ccc(C)c(Cl)c1. The molecule has 5 rings (SSSR count). The van der Waals surface area contributed by atoms with Crippen molar-refractivity contribution in [1.82, 2.24) is 4.90 Å². The molecule has 0 aliphatic carbocycles. The molecule has 2 aliphatic rings. The van der Waals surface area contributed by atoms with E-state index in [0.29, 0.717) is 26.5 Å². The number of carbonyl (C=O) groups excluding carboxylic acids is 3. The Bertz CT molecular complexity index is 1500. The number of aryl methyl sites for hydroxylation is 1. The Hall–Kier alpha value is -2.00. The number of hydrogen-bond acceptors (Lipinski definition) is 4. The fourth-order valence-electron chi connectivity index (χ4n) is 4.61. The van der Waals surface area contributed by atoms with Crippen LogP contribution in [-0.4, -0.2) is 35.8 Å². The number of fused-ring (bicyclic) bond motifs is 1. The highest BCUT2D eigenvalue weighted by atomic mass is 79.9. The van der Waals surface area contributed by atoms with Crippen LogP contribution in [0.1, 0.15) is 37.9 Å². The van der Waals surface area contributed by atoms with Gasteiger partial charge in [-0.2, -0.15) is 0 Å². The van der Waals surface area contributed by atoms with Crippen molar-refractivity contribution in [1.29, 1.82) is 0 Å². The van der Waals surface area contributed by atoms with Crippen molar-refractivity contribution in [3.63, 3.8) is 0 Å². The van der Waals surface area contributed by atoms with Crippen molar-refractivity contribution in [2.45, 2.75) is 19.0 Å². The highest BCUT2D eigenvalue weighted by Gasteiger charge is 2.59. The van der Waals surface area contributed by atoms with Crippen molar-refractivity contribution in [3.8, 4) is 5.75 Å². The molecule has 3 aromatic carbocycles. The lowest BCUT2D eigenvalue weighted by Gasteiger charge is -2.50. The number of halogens is 6. The Morgan fingerprint density at radius 3 is 1.92 bits per heavy atom. The summed E-state index contributed by atoms with van der Waals surface area (Å²) in [4.78, 5) is 43.2. The Balaban J connectivity index is 1.68. The molecule has 0 saturated carbocycles. The summed E-state index contributed by atoms with van der Waals surface area (Å²) in [7, 11) is 1.49. The van der Waals surface area contributed by atoms with Gasteiger partial charge in [0.1, 0.15) is 11.8 Å². The van der Waals surface area contributed by atoms with Gasteiger partial charge in [0.25, 0.3) is 17.7 Å². The molecule has 0 N–H and O–H groups in total. The zero-order valence-electron chi connectivity index (χ0n) is 18.9. The number of carbonyl (C=O) groups is 3. The average molecular weight is 664 g/mol. The van der Waals surface area contributed by atoms with Crippen LogP contribution >= 0.6 is 73.9 Å². The van der Waals surface area contributed by atoms with E-state index in [4.69, 9.17) is 62.7 Å². The molecular weight excluding hydrogens is 649 g/mol. The minimum atomic E-state index is -1.24. The van der Waals surface area contributed by atoms with Crippen LogP contribution in [-0.2, 0) is 4.79 Å². The maximum atomic E-state index is 13.7. The number of anilines is 1. The van der Waals surface area contributed by atoms with E-state index in [0.717, 1.165) is 10.5 Å². The average Bonchev–Trinajstić information content (AvgIpc) is 3.12. The van der Waals surface area contributed by atoms with E-state index in [1.807, 2.05) is 6.92 Å². The molecule has 37 heavy (non-hydrogen) atoms. The molecule has 2 heterocycles. The van der Waals surface area contributed by atoms with Gasteiger partial charge in [0, 0.05) is 20.7 Å². The standard InChI is InChI=1S/C25H14BrCl5N2O4/c1-9-3-5-11(8-13(9)27)32-21(12-7-10(26)4-6-14(12)37-2)22(25(32)36)33-23(34)15-16(24(33)35)18(29)20(31)19(30)17(15)28/h3-8,21-22H,1-2H3/t21-,22+/m0/s1. The minimum Gasteiger partial charge on any atom is -0.496 e. The van der Waals surface area contributed by atoms with Gasteiger partial charge in [-0.3, -0.25) is 19.3 Å². The van der Waals surface area contributed by atoms with Crippen molar-refractivity contribution < 1.29 is 19.1 Å². The van der Waals surface area contributed by atoms with Crippen molar-refractivity contribution in [2.24, 2.45) is 0 Å². The van der Waals surface area contributed by atoms with Crippen LogP contribution in [0.25, 0.3) is 0 Å². The molecule has 2 aliphatic heterocycles. The Morgan fingerprint density at radius 1 is 0.784 bits per heavy atom. The van der Waals surface area contributed by atoms with E-state index in [1.165, 1.54) is 12.0 Å². The van der Waals surface area contributed by atoms with Gasteiger partial charge in [0.05, 0.1) is 44.4 Å². The first-order valence-electron chi connectivity index (χ1n) is 10.7. The van der Waals surface area contributed by atoms with Gasteiger partial charge in [-0.15, -0.1) is 0 Å². The summed E-state index contributed by atoms with van der Waals surface area (Å²) in [6, 6.07) is 8.37. The largest absolute Gasteiger partial charge is 0.496 e. The normalized spacial score (nSPS) is 18.9. The third-order valence-corrected chi connectivity index (χ3v) is 9.12. The first-order chi connectivity index (χ1) is 17.5. The summed E-state index contributed by atoms with van der Waals surface area (Å²) < 4.78 is 6.27. The zero-order chi connectivity index (χ0) is 26.9. The van der Waals surface area contributed by atoms with E-state index < -0.39 is 29.8 Å². The van der Waals surface area contributed by atoms with E-state index in [2.05, 4.69) is 15.9 Å². The second kappa shape index (κ2) is 9.63. The van der Waals surface area contributed by atoms with Crippen molar-refractivity contribution in [3.05, 3.63) is 88.2 Å². The molecule has 0 bridgehead atoms. The molecule has 6 nitrogen and oxygen atoms in total. The molecule has 3 aromatic rings. The summed E-state index contributed by atoms with van der Waals surface area (Å²) in [5.41, 5.74) is 1.47. The van der Waals surface area contributed by atoms with Crippen molar-refractivity contribution in [2.75, 3.05) is 12.0 Å². The quantitative estimate of drug-likeness (QED) is 0.124. The van der Waals surface area contributed by atoms with Gasteiger partial charge in [-0.1, -0.05) is 80.0 Å². The first-order valence-corrected chi connectivity index (χ1v) is 13.3. The molecule has 0 aromatic heterocycles. The Labute approximate surface area is 245 Å². The summed E-state index contributed by atoms with van der Waals surface area (Å²) in [6.45, 7) is 1.84. The van der Waals surface area contributed by atoms with Gasteiger partial charge >= 0.3 is 0 Å². The summed E-state index contributed by atoms with van der Waals surface area (Å²) in [5.74, 6) is -1.66. The van der Waals surface area contributed by atoms with Crippen LogP contribution in [0.5, 0.6) is 5.75 Å². The number of nitrogens with zero attached hydrogens (tertiary/aromatic N) is 2. The number of β-lactam (4-membered cyclic amide) rings is 1. The molecular formula is C25H14BrCl5N2O4. The molecule has 2 atom stereocenters. The lowest BCUT2D eigenvalue weighted by atomic mass is 9.85. The molecule has 0 spiro atoms. The molecule has 190 valence electrons. The fourth-order valence-corrected chi connectivity index (χ4v) is 6.18. The first kappa shape index (κ1) is 26.6. The monoisotopic (exact) mass is 660 g/mol. The second-order valence-electron chi connectivity index (χ2n) is 8.40. The van der Waals surface area contributed by atoms with Crippen LogP contribution < -0.4 is 9.64 Å². The van der Waals surface area contributed by atoms with Gasteiger partial charge in [-0.25, -0.2) is 0 Å². The smallest absolute Gasteiger partial charge is 0.264 e. The zero-order valence-corrected chi connectivity index (χ0v) is 24.3. The van der Waals surface area contributed by atoms with E-state index in [-0.39, 0.29) is 31.2 Å².